The average Bonchev–Trinajstić information content (AvgIpc) is 2.43. The number of hydrogen-bond donors (Lipinski definition) is 0. The van der Waals surface area contributed by atoms with E-state index in [2.05, 4.69) is 25.1 Å². The zero-order valence-corrected chi connectivity index (χ0v) is 11.6. The van der Waals surface area contributed by atoms with Gasteiger partial charge in [-0.3, -0.25) is 4.79 Å². The molecule has 1 aromatic rings. The van der Waals surface area contributed by atoms with Gasteiger partial charge in [0.05, 0.1) is 13.2 Å². The van der Waals surface area contributed by atoms with E-state index in [-0.39, 0.29) is 12.5 Å². The Morgan fingerprint density at radius 3 is 3.00 bits per heavy atom. The minimum atomic E-state index is 0.0337. The van der Waals surface area contributed by atoms with E-state index in [0.29, 0.717) is 13.2 Å². The van der Waals surface area contributed by atoms with Crippen LogP contribution in [0.5, 0.6) is 0 Å². The molecule has 1 aromatic carbocycles. The van der Waals surface area contributed by atoms with Crippen molar-refractivity contribution in [2.45, 2.75) is 19.8 Å². The Morgan fingerprint density at radius 1 is 1.37 bits per heavy atom. The van der Waals surface area contributed by atoms with E-state index in [1.165, 1.54) is 5.56 Å². The highest BCUT2D eigenvalue weighted by Crippen LogP contribution is 2.30. The molecule has 0 N–H and O–H groups in total. The van der Waals surface area contributed by atoms with E-state index in [1.807, 2.05) is 4.90 Å². The molecule has 4 heteroatoms. The maximum absolute atomic E-state index is 12.2. The van der Waals surface area contributed by atoms with E-state index < -0.39 is 0 Å². The first-order valence-corrected chi connectivity index (χ1v) is 6.69. The van der Waals surface area contributed by atoms with Crippen molar-refractivity contribution in [1.82, 2.24) is 0 Å². The number of carbonyl (C=O) groups is 1. The van der Waals surface area contributed by atoms with Crippen LogP contribution in [-0.2, 0) is 20.7 Å². The summed E-state index contributed by atoms with van der Waals surface area (Å²) in [6.07, 6.45) is 2.06. The molecule has 1 heterocycles. The van der Waals surface area contributed by atoms with E-state index in [1.54, 1.807) is 7.11 Å². The first-order chi connectivity index (χ1) is 9.24. The van der Waals surface area contributed by atoms with Crippen molar-refractivity contribution in [2.24, 2.45) is 0 Å². The van der Waals surface area contributed by atoms with Crippen molar-refractivity contribution in [3.8, 4) is 0 Å². The number of aryl methyl sites for hydroxylation is 2. The van der Waals surface area contributed by atoms with Crippen LogP contribution in [0.1, 0.15) is 17.5 Å². The van der Waals surface area contributed by atoms with Crippen LogP contribution >= 0.6 is 0 Å². The van der Waals surface area contributed by atoms with Crippen LogP contribution in [0, 0.1) is 6.92 Å². The number of nitrogens with zero attached hydrogens (tertiary/aromatic N) is 1. The van der Waals surface area contributed by atoms with Crippen molar-refractivity contribution in [2.75, 3.05) is 38.4 Å². The van der Waals surface area contributed by atoms with E-state index in [9.17, 15) is 4.79 Å². The largest absolute Gasteiger partial charge is 0.382 e. The van der Waals surface area contributed by atoms with E-state index in [0.717, 1.165) is 30.6 Å². The fourth-order valence-electron chi connectivity index (χ4n) is 2.48. The lowest BCUT2D eigenvalue weighted by Gasteiger charge is -2.31. The molecule has 0 unspecified atom stereocenters. The van der Waals surface area contributed by atoms with Crippen LogP contribution < -0.4 is 4.90 Å². The van der Waals surface area contributed by atoms with Crippen molar-refractivity contribution < 1.29 is 14.3 Å². The minimum absolute atomic E-state index is 0.0337. The average molecular weight is 263 g/mol. The van der Waals surface area contributed by atoms with Crippen molar-refractivity contribution in [1.29, 1.82) is 0 Å². The topological polar surface area (TPSA) is 38.8 Å². The highest BCUT2D eigenvalue weighted by molar-refractivity contribution is 5.96. The lowest BCUT2D eigenvalue weighted by molar-refractivity contribution is -0.123. The molecule has 0 saturated carbocycles. The van der Waals surface area contributed by atoms with Gasteiger partial charge in [-0.25, -0.2) is 0 Å². The van der Waals surface area contributed by atoms with Crippen molar-refractivity contribution in [3.63, 3.8) is 0 Å². The number of benzene rings is 1. The molecule has 4 nitrogen and oxygen atoms in total. The summed E-state index contributed by atoms with van der Waals surface area (Å²) < 4.78 is 10.2. The van der Waals surface area contributed by atoms with Crippen molar-refractivity contribution >= 4 is 11.6 Å². The second kappa shape index (κ2) is 6.68. The van der Waals surface area contributed by atoms with Gasteiger partial charge in [-0.2, -0.15) is 0 Å². The summed E-state index contributed by atoms with van der Waals surface area (Å²) in [5.74, 6) is 0.0337. The molecule has 0 aliphatic carbocycles. The maximum Gasteiger partial charge on any atom is 0.252 e. The van der Waals surface area contributed by atoms with E-state index >= 15 is 0 Å². The molecule has 1 aliphatic rings. The molecule has 0 bridgehead atoms. The minimum Gasteiger partial charge on any atom is -0.382 e. The maximum atomic E-state index is 12.2. The zero-order valence-electron chi connectivity index (χ0n) is 11.6. The lowest BCUT2D eigenvalue weighted by Crippen LogP contribution is -2.38. The van der Waals surface area contributed by atoms with Crippen LogP contribution in [0.3, 0.4) is 0 Å². The molecule has 19 heavy (non-hydrogen) atoms. The molecular formula is C15H21NO3. The molecule has 0 aromatic heterocycles. The summed E-state index contributed by atoms with van der Waals surface area (Å²) in [6, 6.07) is 6.21. The van der Waals surface area contributed by atoms with Crippen LogP contribution in [0.25, 0.3) is 0 Å². The quantitative estimate of drug-likeness (QED) is 0.762. The normalized spacial score (nSPS) is 14.3. The summed E-state index contributed by atoms with van der Waals surface area (Å²) in [5.41, 5.74) is 3.49. The van der Waals surface area contributed by atoms with Gasteiger partial charge in [-0.1, -0.05) is 18.2 Å². The fourth-order valence-corrected chi connectivity index (χ4v) is 2.48. The highest BCUT2D eigenvalue weighted by atomic mass is 16.5. The van der Waals surface area contributed by atoms with Gasteiger partial charge in [0.1, 0.15) is 6.61 Å². The Balaban J connectivity index is 2.04. The third-order valence-electron chi connectivity index (χ3n) is 3.38. The molecule has 0 fully saturated rings. The molecule has 1 aliphatic heterocycles. The molecule has 0 spiro atoms. The molecule has 104 valence electrons. The number of anilines is 1. The van der Waals surface area contributed by atoms with Gasteiger partial charge in [0, 0.05) is 19.3 Å². The Labute approximate surface area is 114 Å². The predicted octanol–water partition coefficient (Wildman–Crippen LogP) is 1.94. The number of fused-ring (bicyclic) bond motifs is 1. The van der Waals surface area contributed by atoms with Crippen LogP contribution in [0.15, 0.2) is 18.2 Å². The summed E-state index contributed by atoms with van der Waals surface area (Å²) in [7, 11) is 1.62. The molecule has 0 radical (unpaired) electrons. The monoisotopic (exact) mass is 263 g/mol. The number of methoxy groups -OCH3 is 1. The Kier molecular flexibility index (Phi) is 4.93. The summed E-state index contributed by atoms with van der Waals surface area (Å²) >= 11 is 0. The van der Waals surface area contributed by atoms with Gasteiger partial charge in [-0.05, 0) is 30.9 Å². The standard InChI is InChI=1S/C15H21NO3/c1-12-5-3-6-13-7-4-8-16(15(12)13)14(17)11-19-10-9-18-2/h3,5-6H,4,7-11H2,1-2H3. The van der Waals surface area contributed by atoms with Gasteiger partial charge in [0.25, 0.3) is 5.91 Å². The number of ether oxygens (including phenoxy) is 2. The second-order valence-electron chi connectivity index (χ2n) is 4.78. The number of rotatable bonds is 5. The molecular weight excluding hydrogens is 242 g/mol. The number of amides is 1. The SMILES string of the molecule is COCCOCC(=O)N1CCCc2cccc(C)c21. The van der Waals surface area contributed by atoms with Gasteiger partial charge < -0.3 is 14.4 Å². The second-order valence-corrected chi connectivity index (χ2v) is 4.78. The fraction of sp³-hybridized carbons (Fsp3) is 0.533. The van der Waals surface area contributed by atoms with Crippen molar-refractivity contribution in [3.05, 3.63) is 29.3 Å². The number of para-hydroxylation sites is 1. The first-order valence-electron chi connectivity index (χ1n) is 6.69. The first kappa shape index (κ1) is 14.0. The van der Waals surface area contributed by atoms with Crippen LogP contribution in [-0.4, -0.2) is 39.4 Å². The zero-order chi connectivity index (χ0) is 13.7. The number of hydrogen-bond acceptors (Lipinski definition) is 3. The van der Waals surface area contributed by atoms with Gasteiger partial charge >= 0.3 is 0 Å². The Morgan fingerprint density at radius 2 is 2.21 bits per heavy atom. The Bertz CT molecular complexity index is 445. The smallest absolute Gasteiger partial charge is 0.252 e. The summed E-state index contributed by atoms with van der Waals surface area (Å²) in [4.78, 5) is 14.1. The van der Waals surface area contributed by atoms with E-state index in [4.69, 9.17) is 9.47 Å². The number of carbonyl (C=O) groups excluding carboxylic acids is 1. The van der Waals surface area contributed by atoms with Gasteiger partial charge in [0.15, 0.2) is 0 Å². The highest BCUT2D eigenvalue weighted by Gasteiger charge is 2.23. The lowest BCUT2D eigenvalue weighted by atomic mass is 9.98. The molecule has 2 rings (SSSR count). The predicted molar refractivity (Wildman–Crippen MR) is 74.5 cm³/mol. The molecule has 1 amide bonds. The third-order valence-corrected chi connectivity index (χ3v) is 3.38. The van der Waals surface area contributed by atoms with Crippen LogP contribution in [0.2, 0.25) is 0 Å². The van der Waals surface area contributed by atoms with Gasteiger partial charge in [-0.15, -0.1) is 0 Å². The molecule has 0 saturated heterocycles. The van der Waals surface area contributed by atoms with Crippen LogP contribution in [0.4, 0.5) is 5.69 Å². The summed E-state index contributed by atoms with van der Waals surface area (Å²) in [6.45, 7) is 3.93. The summed E-state index contributed by atoms with van der Waals surface area (Å²) in [5, 5.41) is 0. The van der Waals surface area contributed by atoms with Gasteiger partial charge in [0.2, 0.25) is 0 Å². The molecule has 0 atom stereocenters. The Hall–Kier alpha value is -1.39. The third kappa shape index (κ3) is 3.33.